The number of rotatable bonds is 7. The van der Waals surface area contributed by atoms with Crippen LogP contribution in [0.15, 0.2) is 47.4 Å². The maximum Gasteiger partial charge on any atom is 0.344 e. The second kappa shape index (κ2) is 9.66. The van der Waals surface area contributed by atoms with Gasteiger partial charge in [0.25, 0.3) is 17.3 Å². The van der Waals surface area contributed by atoms with E-state index in [2.05, 4.69) is 0 Å². The highest BCUT2D eigenvalue weighted by atomic mass is 32.2. The summed E-state index contributed by atoms with van der Waals surface area (Å²) in [6.45, 7) is 2.46. The summed E-state index contributed by atoms with van der Waals surface area (Å²) in [6, 6.07) is 8.82. The third-order valence-corrected chi connectivity index (χ3v) is 5.62. The number of amides is 1. The monoisotopic (exact) mass is 473 g/mol. The van der Waals surface area contributed by atoms with Gasteiger partial charge in [-0.3, -0.25) is 29.9 Å². The second-order valence-corrected chi connectivity index (χ2v) is 8.22. The number of thiocarbonyl (C=S) groups is 1. The lowest BCUT2D eigenvalue weighted by atomic mass is 10.1. The lowest BCUT2D eigenvalue weighted by Gasteiger charge is -2.11. The van der Waals surface area contributed by atoms with Crippen LogP contribution in [0.4, 0.5) is 11.4 Å². The molecule has 0 saturated carbocycles. The number of ether oxygens (including phenoxy) is 1. The zero-order chi connectivity index (χ0) is 23.4. The number of nitro benzene ring substituents is 2. The van der Waals surface area contributed by atoms with Crippen molar-refractivity contribution < 1.29 is 24.2 Å². The summed E-state index contributed by atoms with van der Waals surface area (Å²) in [5.41, 5.74) is -0.975. The molecule has 164 valence electrons. The molecular weight excluding hydrogens is 458 g/mol. The predicted octanol–water partition coefficient (Wildman–Crippen LogP) is 4.33. The Morgan fingerprint density at radius 1 is 1.16 bits per heavy atom. The minimum absolute atomic E-state index is 0.0990. The zero-order valence-corrected chi connectivity index (χ0v) is 18.2. The maximum atomic E-state index is 12.5. The number of benzene rings is 2. The van der Waals surface area contributed by atoms with Crippen LogP contribution >= 0.6 is 24.0 Å². The molecule has 12 heteroatoms. The fourth-order valence-electron chi connectivity index (χ4n) is 2.83. The molecule has 2 aromatic rings. The van der Waals surface area contributed by atoms with Crippen LogP contribution in [0.5, 0.6) is 5.75 Å². The van der Waals surface area contributed by atoms with Crippen molar-refractivity contribution in [2.24, 2.45) is 0 Å². The van der Waals surface area contributed by atoms with Gasteiger partial charge in [-0.1, -0.05) is 43.0 Å². The van der Waals surface area contributed by atoms with Gasteiger partial charge in [0.15, 0.2) is 0 Å². The quantitative estimate of drug-likeness (QED) is 0.144. The van der Waals surface area contributed by atoms with Gasteiger partial charge in [-0.25, -0.2) is 4.79 Å². The highest BCUT2D eigenvalue weighted by Gasteiger charge is 2.31. The first-order valence-corrected chi connectivity index (χ1v) is 10.4. The van der Waals surface area contributed by atoms with Crippen LogP contribution in [-0.4, -0.2) is 37.5 Å². The molecule has 0 radical (unpaired) electrons. The molecule has 1 aliphatic heterocycles. The van der Waals surface area contributed by atoms with Gasteiger partial charge in [0.2, 0.25) is 0 Å². The first-order valence-electron chi connectivity index (χ1n) is 9.21. The van der Waals surface area contributed by atoms with Crippen molar-refractivity contribution in [3.8, 4) is 5.75 Å². The number of esters is 1. The van der Waals surface area contributed by atoms with Crippen LogP contribution in [0.2, 0.25) is 0 Å². The fraction of sp³-hybridized carbons (Fsp3) is 0.150. The van der Waals surface area contributed by atoms with Gasteiger partial charge >= 0.3 is 5.97 Å². The Hall–Kier alpha value is -3.64. The van der Waals surface area contributed by atoms with E-state index in [1.807, 2.05) is 6.92 Å². The Morgan fingerprint density at radius 2 is 1.81 bits per heavy atom. The van der Waals surface area contributed by atoms with E-state index in [-0.39, 0.29) is 17.2 Å². The van der Waals surface area contributed by atoms with E-state index in [0.717, 1.165) is 24.6 Å². The molecule has 2 aromatic carbocycles. The van der Waals surface area contributed by atoms with Crippen molar-refractivity contribution in [3.05, 3.63) is 78.7 Å². The summed E-state index contributed by atoms with van der Waals surface area (Å²) >= 11 is 6.41. The Morgan fingerprint density at radius 3 is 2.41 bits per heavy atom. The molecule has 0 bridgehead atoms. The smallest absolute Gasteiger partial charge is 0.344 e. The minimum Gasteiger partial charge on any atom is -0.423 e. The molecule has 0 N–H and O–H groups in total. The highest BCUT2D eigenvalue weighted by molar-refractivity contribution is 8.26. The summed E-state index contributed by atoms with van der Waals surface area (Å²) in [4.78, 5) is 47.3. The van der Waals surface area contributed by atoms with E-state index in [1.165, 1.54) is 28.8 Å². The number of hydrogen-bond donors (Lipinski definition) is 0. The molecular formula is C20H15N3O7S2. The summed E-state index contributed by atoms with van der Waals surface area (Å²) in [5.74, 6) is -1.10. The average molecular weight is 473 g/mol. The fourth-order valence-corrected chi connectivity index (χ4v) is 4.13. The standard InChI is InChI=1S/C20H15N3O7S2/c1-2-6-21-18(24)17(32-20(21)31)8-12-4-3-5-16(7-12)30-19(25)13-9-14(22(26)27)11-15(10-13)23(28)29/h3-5,7-11H,2,6H2,1H3/b17-8+. The molecule has 10 nitrogen and oxygen atoms in total. The van der Waals surface area contributed by atoms with Crippen LogP contribution in [-0.2, 0) is 4.79 Å². The summed E-state index contributed by atoms with van der Waals surface area (Å²) in [7, 11) is 0. The molecule has 1 amide bonds. The van der Waals surface area contributed by atoms with Gasteiger partial charge in [0.1, 0.15) is 10.1 Å². The van der Waals surface area contributed by atoms with E-state index >= 15 is 0 Å². The van der Waals surface area contributed by atoms with Crippen LogP contribution in [0, 0.1) is 20.2 Å². The van der Waals surface area contributed by atoms with Crippen LogP contribution in [0.1, 0.15) is 29.3 Å². The third-order valence-electron chi connectivity index (χ3n) is 4.25. The van der Waals surface area contributed by atoms with E-state index < -0.39 is 27.2 Å². The van der Waals surface area contributed by atoms with E-state index in [4.69, 9.17) is 17.0 Å². The first kappa shape index (κ1) is 23.0. The van der Waals surface area contributed by atoms with E-state index in [0.29, 0.717) is 21.3 Å². The van der Waals surface area contributed by atoms with Crippen LogP contribution < -0.4 is 4.74 Å². The molecule has 1 heterocycles. The van der Waals surface area contributed by atoms with Crippen molar-refractivity contribution in [1.82, 2.24) is 4.90 Å². The SMILES string of the molecule is CCCN1C(=O)/C(=C\c2cccc(OC(=O)c3cc([N+](=O)[O-])cc([N+](=O)[O-])c3)c2)SC1=S. The molecule has 0 unspecified atom stereocenters. The van der Waals surface area contributed by atoms with Crippen molar-refractivity contribution in [1.29, 1.82) is 0 Å². The first-order chi connectivity index (χ1) is 15.2. The number of hydrogen-bond acceptors (Lipinski definition) is 9. The number of nitrogens with zero attached hydrogens (tertiary/aromatic N) is 3. The molecule has 1 saturated heterocycles. The second-order valence-electron chi connectivity index (χ2n) is 6.55. The number of nitro groups is 2. The average Bonchev–Trinajstić information content (AvgIpc) is 3.01. The van der Waals surface area contributed by atoms with Crippen molar-refractivity contribution in [2.75, 3.05) is 6.54 Å². The predicted molar refractivity (Wildman–Crippen MR) is 121 cm³/mol. The van der Waals surface area contributed by atoms with Gasteiger partial charge in [-0.2, -0.15) is 0 Å². The molecule has 3 rings (SSSR count). The number of carbonyl (C=O) groups excluding carboxylic acids is 2. The van der Waals surface area contributed by atoms with Crippen molar-refractivity contribution in [2.45, 2.75) is 13.3 Å². The largest absolute Gasteiger partial charge is 0.423 e. The Kier molecular flexibility index (Phi) is 6.95. The topological polar surface area (TPSA) is 133 Å². The summed E-state index contributed by atoms with van der Waals surface area (Å²) < 4.78 is 5.71. The van der Waals surface area contributed by atoms with E-state index in [9.17, 15) is 29.8 Å². The third kappa shape index (κ3) is 5.15. The molecule has 1 fully saturated rings. The Balaban J connectivity index is 1.83. The summed E-state index contributed by atoms with van der Waals surface area (Å²) in [6.07, 6.45) is 2.38. The lowest BCUT2D eigenvalue weighted by Crippen LogP contribution is -2.28. The van der Waals surface area contributed by atoms with Crippen LogP contribution in [0.3, 0.4) is 0 Å². The number of non-ortho nitro benzene ring substituents is 2. The normalized spacial score (nSPS) is 14.7. The van der Waals surface area contributed by atoms with Crippen molar-refractivity contribution >= 4 is 57.6 Å². The zero-order valence-electron chi connectivity index (χ0n) is 16.5. The van der Waals surface area contributed by atoms with Crippen molar-refractivity contribution in [3.63, 3.8) is 0 Å². The lowest BCUT2D eigenvalue weighted by molar-refractivity contribution is -0.394. The number of carbonyl (C=O) groups is 2. The van der Waals surface area contributed by atoms with Gasteiger partial charge in [-0.15, -0.1) is 0 Å². The van der Waals surface area contributed by atoms with E-state index in [1.54, 1.807) is 18.2 Å². The molecule has 0 aromatic heterocycles. The molecule has 0 atom stereocenters. The Labute approximate surface area is 191 Å². The van der Waals surface area contributed by atoms with Gasteiger partial charge in [0, 0.05) is 18.7 Å². The highest BCUT2D eigenvalue weighted by Crippen LogP contribution is 2.33. The Bertz CT molecular complexity index is 1150. The van der Waals surface area contributed by atoms with Crippen LogP contribution in [0.25, 0.3) is 6.08 Å². The minimum atomic E-state index is -0.997. The summed E-state index contributed by atoms with van der Waals surface area (Å²) in [5, 5.41) is 22.0. The molecule has 0 spiro atoms. The molecule has 0 aliphatic carbocycles. The van der Waals surface area contributed by atoms with Gasteiger partial charge in [0.05, 0.1) is 26.4 Å². The maximum absolute atomic E-state index is 12.5. The molecule has 1 aliphatic rings. The molecule has 32 heavy (non-hydrogen) atoms. The van der Waals surface area contributed by atoms with Gasteiger partial charge < -0.3 is 4.74 Å². The number of thioether (sulfide) groups is 1. The van der Waals surface area contributed by atoms with Gasteiger partial charge in [-0.05, 0) is 30.2 Å².